The highest BCUT2D eigenvalue weighted by molar-refractivity contribution is 7.47. The van der Waals surface area contributed by atoms with Gasteiger partial charge in [0.05, 0.1) is 39.9 Å². The average Bonchev–Trinajstić information content (AvgIpc) is 2.97. The predicted octanol–water partition coefficient (Wildman–Crippen LogP) is 9.46. The fourth-order valence-corrected chi connectivity index (χ4v) is 6.25. The molecule has 3 N–H and O–H groups in total. The van der Waals surface area contributed by atoms with E-state index < -0.39 is 20.0 Å². The van der Waals surface area contributed by atoms with Gasteiger partial charge in [0, 0.05) is 6.42 Å². The molecule has 0 radical (unpaired) electrons. The van der Waals surface area contributed by atoms with Crippen molar-refractivity contribution in [2.45, 2.75) is 187 Å². The quantitative estimate of drug-likeness (QED) is 0.0360. The Morgan fingerprint density at radius 2 is 1.07 bits per heavy atom. The minimum atomic E-state index is -4.29. The minimum absolute atomic E-state index is 0.0777. The largest absolute Gasteiger partial charge is 0.472 e. The summed E-state index contributed by atoms with van der Waals surface area (Å²) in [6, 6.07) is -0.749. The van der Waals surface area contributed by atoms with Gasteiger partial charge in [-0.1, -0.05) is 155 Å². The van der Waals surface area contributed by atoms with Crippen molar-refractivity contribution in [1.82, 2.24) is 5.32 Å². The van der Waals surface area contributed by atoms with Crippen LogP contribution in [0.2, 0.25) is 0 Å². The van der Waals surface area contributed by atoms with Crippen LogP contribution in [0.5, 0.6) is 0 Å². The zero-order chi connectivity index (χ0) is 33.7. The highest BCUT2D eigenvalue weighted by Gasteiger charge is 2.28. The van der Waals surface area contributed by atoms with Gasteiger partial charge in [0.2, 0.25) is 5.91 Å². The van der Waals surface area contributed by atoms with Crippen LogP contribution in [0.15, 0.2) is 0 Å². The van der Waals surface area contributed by atoms with Crippen LogP contribution in [-0.4, -0.2) is 73.4 Å². The number of quaternary nitrogens is 1. The minimum Gasteiger partial charge on any atom is -0.391 e. The number of phosphoric acid groups is 1. The number of aliphatic hydroxyl groups excluding tert-OH is 1. The van der Waals surface area contributed by atoms with Gasteiger partial charge < -0.3 is 19.8 Å². The summed E-state index contributed by atoms with van der Waals surface area (Å²) in [6.45, 7) is 4.83. The summed E-state index contributed by atoms with van der Waals surface area (Å²) in [5.74, 6) is -0.151. The van der Waals surface area contributed by atoms with Crippen LogP contribution < -0.4 is 5.32 Å². The molecule has 0 fully saturated rings. The van der Waals surface area contributed by atoms with Crippen molar-refractivity contribution in [2.24, 2.45) is 0 Å². The Bertz CT molecular complexity index is 718. The molecule has 0 aliphatic rings. The van der Waals surface area contributed by atoms with Crippen molar-refractivity contribution in [1.29, 1.82) is 0 Å². The fraction of sp³-hybridized carbons (Fsp3) is 0.972. The number of amides is 1. The van der Waals surface area contributed by atoms with Gasteiger partial charge in [0.15, 0.2) is 0 Å². The maximum atomic E-state index is 12.7. The molecule has 3 atom stereocenters. The predicted molar refractivity (Wildman–Crippen MR) is 189 cm³/mol. The monoisotopic (exact) mass is 664 g/mol. The van der Waals surface area contributed by atoms with Crippen LogP contribution in [0, 0.1) is 0 Å². The van der Waals surface area contributed by atoms with E-state index in [0.717, 1.165) is 38.5 Å². The third kappa shape index (κ3) is 31.8. The molecule has 0 aliphatic carbocycles. The van der Waals surface area contributed by atoms with Gasteiger partial charge in [-0.25, -0.2) is 4.57 Å². The van der Waals surface area contributed by atoms with Crippen LogP contribution in [0.1, 0.15) is 174 Å². The number of hydrogen-bond acceptors (Lipinski definition) is 5. The molecule has 0 heterocycles. The number of nitrogens with one attached hydrogen (secondary N) is 1. The van der Waals surface area contributed by atoms with Gasteiger partial charge >= 0.3 is 7.82 Å². The number of carbonyl (C=O) groups excluding carboxylic acids is 1. The van der Waals surface area contributed by atoms with Crippen LogP contribution in [0.25, 0.3) is 0 Å². The molecule has 9 heteroatoms. The Morgan fingerprint density at radius 3 is 1.49 bits per heavy atom. The number of aliphatic hydroxyl groups is 1. The highest BCUT2D eigenvalue weighted by atomic mass is 31.2. The Hall–Kier alpha value is -0.500. The third-order valence-electron chi connectivity index (χ3n) is 8.61. The number of likely N-dealkylation sites (N-methyl/N-ethyl adjacent to an activating group) is 1. The molecule has 0 spiro atoms. The fourth-order valence-electron chi connectivity index (χ4n) is 5.52. The van der Waals surface area contributed by atoms with E-state index in [0.29, 0.717) is 23.9 Å². The maximum absolute atomic E-state index is 12.7. The average molecular weight is 664 g/mol. The molecule has 0 bridgehead atoms. The van der Waals surface area contributed by atoms with E-state index >= 15 is 0 Å². The summed E-state index contributed by atoms with van der Waals surface area (Å²) in [7, 11) is 1.62. The molecular formula is C36H76N2O6P+. The van der Waals surface area contributed by atoms with Crippen LogP contribution >= 0.6 is 7.82 Å². The first-order valence-electron chi connectivity index (χ1n) is 18.9. The molecule has 8 nitrogen and oxygen atoms in total. The first-order valence-corrected chi connectivity index (χ1v) is 20.4. The van der Waals surface area contributed by atoms with E-state index in [2.05, 4.69) is 19.2 Å². The van der Waals surface area contributed by atoms with Crippen molar-refractivity contribution >= 4 is 13.7 Å². The van der Waals surface area contributed by atoms with Crippen molar-refractivity contribution in [3.8, 4) is 0 Å². The normalized spacial score (nSPS) is 14.7. The van der Waals surface area contributed by atoms with Crippen molar-refractivity contribution < 1.29 is 32.9 Å². The molecule has 1 unspecified atom stereocenters. The lowest BCUT2D eigenvalue weighted by Gasteiger charge is -2.26. The zero-order valence-electron chi connectivity index (χ0n) is 30.4. The summed E-state index contributed by atoms with van der Waals surface area (Å²) >= 11 is 0. The Morgan fingerprint density at radius 1 is 0.667 bits per heavy atom. The molecule has 0 aromatic carbocycles. The highest BCUT2D eigenvalue weighted by Crippen LogP contribution is 2.43. The number of hydrogen-bond donors (Lipinski definition) is 3. The molecule has 0 aromatic heterocycles. The third-order valence-corrected chi connectivity index (χ3v) is 9.59. The number of nitrogens with zero attached hydrogens (tertiary/aromatic N) is 1. The SMILES string of the molecule is CCCCCCCCCCCCCCCCCC[C@H](O)[C@@H](COP(=O)(O)OCC[N+](C)(C)C)NC(=O)CCCCCCCCC. The molecule has 0 rings (SSSR count). The number of carbonyl (C=O) groups is 1. The molecule has 270 valence electrons. The molecule has 0 aliphatic heterocycles. The summed E-state index contributed by atoms with van der Waals surface area (Å²) in [4.78, 5) is 22.9. The van der Waals surface area contributed by atoms with E-state index in [-0.39, 0.29) is 19.1 Å². The van der Waals surface area contributed by atoms with Gasteiger partial charge in [0.1, 0.15) is 13.2 Å². The van der Waals surface area contributed by atoms with Crippen molar-refractivity contribution in [3.05, 3.63) is 0 Å². The summed E-state index contributed by atoms with van der Waals surface area (Å²) in [5.41, 5.74) is 0. The Balaban J connectivity index is 4.35. The number of phosphoric ester groups is 1. The van der Waals surface area contributed by atoms with Crippen LogP contribution in [-0.2, 0) is 18.4 Å². The van der Waals surface area contributed by atoms with Crippen LogP contribution in [0.3, 0.4) is 0 Å². The van der Waals surface area contributed by atoms with Crippen molar-refractivity contribution in [2.75, 3.05) is 40.9 Å². The van der Waals surface area contributed by atoms with Gasteiger partial charge in [-0.05, 0) is 12.8 Å². The number of rotatable bonds is 34. The maximum Gasteiger partial charge on any atom is 0.472 e. The smallest absolute Gasteiger partial charge is 0.391 e. The van der Waals surface area contributed by atoms with E-state index in [1.165, 1.54) is 109 Å². The van der Waals surface area contributed by atoms with E-state index in [1.807, 2.05) is 21.1 Å². The lowest BCUT2D eigenvalue weighted by atomic mass is 10.0. The molecule has 45 heavy (non-hydrogen) atoms. The zero-order valence-corrected chi connectivity index (χ0v) is 31.3. The first-order chi connectivity index (χ1) is 21.5. The van der Waals surface area contributed by atoms with Gasteiger partial charge in [-0.15, -0.1) is 0 Å². The Kier molecular flexibility index (Phi) is 29.3. The first kappa shape index (κ1) is 44.5. The van der Waals surface area contributed by atoms with Gasteiger partial charge in [-0.2, -0.15) is 0 Å². The van der Waals surface area contributed by atoms with Crippen molar-refractivity contribution in [3.63, 3.8) is 0 Å². The molecular weight excluding hydrogens is 587 g/mol. The van der Waals surface area contributed by atoms with E-state index in [9.17, 15) is 19.4 Å². The number of unbranched alkanes of at least 4 members (excludes halogenated alkanes) is 21. The Labute approximate surface area is 279 Å². The second-order valence-corrected chi connectivity index (χ2v) is 15.8. The standard InChI is InChI=1S/C36H75N2O6P/c1-6-8-10-12-14-15-16-17-18-19-20-21-22-24-25-27-29-35(39)34(33-44-45(41,42)43-32-31-38(3,4)5)37-36(40)30-28-26-23-13-11-9-7-2/h34-35,39H,6-33H2,1-5H3,(H-,37,40,41,42)/p+1/t34-,35+/m1/s1. The summed E-state index contributed by atoms with van der Waals surface area (Å²) in [6.07, 6.45) is 28.5. The van der Waals surface area contributed by atoms with E-state index in [1.54, 1.807) is 0 Å². The second kappa shape index (κ2) is 29.6. The lowest BCUT2D eigenvalue weighted by Crippen LogP contribution is -2.46. The van der Waals surface area contributed by atoms with E-state index in [4.69, 9.17) is 9.05 Å². The van der Waals surface area contributed by atoms with Gasteiger partial charge in [-0.3, -0.25) is 13.8 Å². The summed E-state index contributed by atoms with van der Waals surface area (Å²) in [5, 5.41) is 13.8. The topological polar surface area (TPSA) is 105 Å². The second-order valence-electron chi connectivity index (χ2n) is 14.3. The molecule has 1 amide bonds. The summed E-state index contributed by atoms with van der Waals surface area (Å²) < 4.78 is 23.4. The lowest BCUT2D eigenvalue weighted by molar-refractivity contribution is -0.870. The van der Waals surface area contributed by atoms with Crippen LogP contribution in [0.4, 0.5) is 0 Å². The van der Waals surface area contributed by atoms with Gasteiger partial charge in [0.25, 0.3) is 0 Å². The molecule has 0 saturated carbocycles. The molecule has 0 saturated heterocycles. The molecule has 0 aromatic rings.